The van der Waals surface area contributed by atoms with Crippen molar-refractivity contribution in [3.8, 4) is 11.5 Å². The minimum absolute atomic E-state index is 0.00337. The van der Waals surface area contributed by atoms with Crippen LogP contribution in [0.1, 0.15) is 15.9 Å². The highest BCUT2D eigenvalue weighted by Gasteiger charge is 2.23. The number of phenols is 1. The number of carbonyl (C=O) groups excluding carboxylic acids is 1. The molecule has 21 heavy (non-hydrogen) atoms. The molecule has 0 aliphatic heterocycles. The first-order valence-electron chi connectivity index (χ1n) is 5.79. The second kappa shape index (κ2) is 5.80. The highest BCUT2D eigenvalue weighted by Crippen LogP contribution is 2.34. The SMILES string of the molecule is COc1ccc(C(=O)c2cc(Cl)cc([N+](=O)[O-])c2O)cc1. The highest BCUT2D eigenvalue weighted by atomic mass is 35.5. The molecule has 0 bridgehead atoms. The van der Waals surface area contributed by atoms with Gasteiger partial charge in [-0.3, -0.25) is 14.9 Å². The lowest BCUT2D eigenvalue weighted by Crippen LogP contribution is -2.03. The Morgan fingerprint density at radius 1 is 1.29 bits per heavy atom. The lowest BCUT2D eigenvalue weighted by Gasteiger charge is -2.06. The van der Waals surface area contributed by atoms with Crippen molar-refractivity contribution in [1.82, 2.24) is 0 Å². The molecule has 0 heterocycles. The molecule has 0 unspecified atom stereocenters. The summed E-state index contributed by atoms with van der Waals surface area (Å²) in [5.74, 6) is -0.709. The summed E-state index contributed by atoms with van der Waals surface area (Å²) in [6.45, 7) is 0. The van der Waals surface area contributed by atoms with Gasteiger partial charge in [0.25, 0.3) is 0 Å². The second-order valence-corrected chi connectivity index (χ2v) is 4.57. The normalized spacial score (nSPS) is 10.2. The van der Waals surface area contributed by atoms with Crippen molar-refractivity contribution in [3.05, 3.63) is 62.7 Å². The van der Waals surface area contributed by atoms with Crippen LogP contribution >= 0.6 is 11.6 Å². The molecule has 0 spiro atoms. The molecule has 2 aromatic carbocycles. The summed E-state index contributed by atoms with van der Waals surface area (Å²) in [6.07, 6.45) is 0. The number of hydrogen-bond acceptors (Lipinski definition) is 5. The van der Waals surface area contributed by atoms with Gasteiger partial charge in [-0.05, 0) is 30.3 Å². The molecule has 1 N–H and O–H groups in total. The number of rotatable bonds is 4. The number of carbonyl (C=O) groups is 1. The summed E-state index contributed by atoms with van der Waals surface area (Å²) in [5, 5.41) is 20.7. The maximum Gasteiger partial charge on any atom is 0.312 e. The third-order valence-electron chi connectivity index (χ3n) is 2.85. The molecule has 2 rings (SSSR count). The monoisotopic (exact) mass is 307 g/mol. The second-order valence-electron chi connectivity index (χ2n) is 4.14. The number of halogens is 1. The summed E-state index contributed by atoms with van der Waals surface area (Å²) in [6, 6.07) is 8.31. The molecule has 0 aliphatic rings. The fourth-order valence-corrected chi connectivity index (χ4v) is 2.01. The van der Waals surface area contributed by atoms with Gasteiger partial charge >= 0.3 is 5.69 Å². The maximum atomic E-state index is 12.3. The zero-order valence-corrected chi connectivity index (χ0v) is 11.6. The van der Waals surface area contributed by atoms with E-state index in [0.29, 0.717) is 5.75 Å². The summed E-state index contributed by atoms with van der Waals surface area (Å²) in [5.41, 5.74) is -0.582. The number of methoxy groups -OCH3 is 1. The van der Waals surface area contributed by atoms with E-state index in [1.807, 2.05) is 0 Å². The van der Waals surface area contributed by atoms with Gasteiger partial charge in [-0.15, -0.1) is 0 Å². The predicted molar refractivity (Wildman–Crippen MR) is 76.2 cm³/mol. The van der Waals surface area contributed by atoms with E-state index < -0.39 is 22.1 Å². The van der Waals surface area contributed by atoms with Crippen molar-refractivity contribution in [3.63, 3.8) is 0 Å². The first-order valence-corrected chi connectivity index (χ1v) is 6.17. The van der Waals surface area contributed by atoms with Gasteiger partial charge in [0, 0.05) is 16.7 Å². The Labute approximate surface area is 124 Å². The lowest BCUT2D eigenvalue weighted by atomic mass is 10.0. The smallest absolute Gasteiger partial charge is 0.312 e. The van der Waals surface area contributed by atoms with Gasteiger partial charge < -0.3 is 9.84 Å². The van der Waals surface area contributed by atoms with E-state index in [0.717, 1.165) is 6.07 Å². The Morgan fingerprint density at radius 3 is 2.43 bits per heavy atom. The fraction of sp³-hybridized carbons (Fsp3) is 0.0714. The first-order chi connectivity index (χ1) is 9.93. The average Bonchev–Trinajstić information content (AvgIpc) is 2.48. The van der Waals surface area contributed by atoms with Crippen LogP contribution in [0.5, 0.6) is 11.5 Å². The van der Waals surface area contributed by atoms with Gasteiger partial charge in [0.1, 0.15) is 5.75 Å². The molecular formula is C14H10ClNO5. The molecule has 7 heteroatoms. The van der Waals surface area contributed by atoms with Gasteiger partial charge in [-0.1, -0.05) is 11.6 Å². The molecule has 0 atom stereocenters. The van der Waals surface area contributed by atoms with Crippen LogP contribution in [0.15, 0.2) is 36.4 Å². The minimum atomic E-state index is -0.800. The third kappa shape index (κ3) is 2.95. The van der Waals surface area contributed by atoms with E-state index in [1.54, 1.807) is 12.1 Å². The van der Waals surface area contributed by atoms with Gasteiger partial charge in [0.15, 0.2) is 5.78 Å². The molecule has 2 aromatic rings. The summed E-state index contributed by atoms with van der Waals surface area (Å²) >= 11 is 5.76. The Kier molecular flexibility index (Phi) is 4.09. The number of ether oxygens (including phenoxy) is 1. The molecule has 0 aliphatic carbocycles. The molecular weight excluding hydrogens is 298 g/mol. The van der Waals surface area contributed by atoms with E-state index in [4.69, 9.17) is 16.3 Å². The fourth-order valence-electron chi connectivity index (χ4n) is 1.80. The molecule has 0 fully saturated rings. The minimum Gasteiger partial charge on any atom is -0.502 e. The molecule has 0 aromatic heterocycles. The van der Waals surface area contributed by atoms with Gasteiger partial charge in [0.2, 0.25) is 5.75 Å². The van der Waals surface area contributed by atoms with Crippen molar-refractivity contribution in [2.45, 2.75) is 0 Å². The van der Waals surface area contributed by atoms with Gasteiger partial charge in [-0.25, -0.2) is 0 Å². The molecule has 108 valence electrons. The van der Waals surface area contributed by atoms with Crippen LogP contribution in [0, 0.1) is 10.1 Å². The summed E-state index contributed by atoms with van der Waals surface area (Å²) < 4.78 is 4.98. The molecule has 6 nitrogen and oxygen atoms in total. The quantitative estimate of drug-likeness (QED) is 0.532. The van der Waals surface area contributed by atoms with E-state index in [-0.39, 0.29) is 16.1 Å². The van der Waals surface area contributed by atoms with Crippen molar-refractivity contribution in [2.75, 3.05) is 7.11 Å². The zero-order valence-electron chi connectivity index (χ0n) is 10.9. The Bertz CT molecular complexity index is 712. The van der Waals surface area contributed by atoms with Crippen LogP contribution in [0.25, 0.3) is 0 Å². The number of aromatic hydroxyl groups is 1. The van der Waals surface area contributed by atoms with E-state index in [1.165, 1.54) is 25.3 Å². The van der Waals surface area contributed by atoms with Crippen molar-refractivity contribution in [1.29, 1.82) is 0 Å². The molecule has 0 radical (unpaired) electrons. The number of nitro groups is 1. The number of benzene rings is 2. The van der Waals surface area contributed by atoms with Crippen LogP contribution in [0.4, 0.5) is 5.69 Å². The number of phenolic OH excluding ortho intramolecular Hbond substituents is 1. The zero-order chi connectivity index (χ0) is 15.6. The summed E-state index contributed by atoms with van der Waals surface area (Å²) in [7, 11) is 1.49. The average molecular weight is 308 g/mol. The lowest BCUT2D eigenvalue weighted by molar-refractivity contribution is -0.385. The van der Waals surface area contributed by atoms with Crippen LogP contribution in [0.2, 0.25) is 5.02 Å². The number of ketones is 1. The van der Waals surface area contributed by atoms with E-state index in [9.17, 15) is 20.0 Å². The molecule has 0 saturated carbocycles. The third-order valence-corrected chi connectivity index (χ3v) is 3.07. The van der Waals surface area contributed by atoms with E-state index in [2.05, 4.69) is 0 Å². The largest absolute Gasteiger partial charge is 0.502 e. The first kappa shape index (κ1) is 14.8. The van der Waals surface area contributed by atoms with Gasteiger partial charge in [-0.2, -0.15) is 0 Å². The summed E-state index contributed by atoms with van der Waals surface area (Å²) in [4.78, 5) is 22.3. The van der Waals surface area contributed by atoms with Crippen molar-refractivity contribution >= 4 is 23.1 Å². The standard InChI is InChI=1S/C14H10ClNO5/c1-21-10-4-2-8(3-5-10)13(17)11-6-9(15)7-12(14(11)18)16(19)20/h2-7,18H,1H3. The van der Waals surface area contributed by atoms with Crippen LogP contribution in [-0.2, 0) is 0 Å². The number of nitro benzene ring substituents is 1. The Hall–Kier alpha value is -2.60. The van der Waals surface area contributed by atoms with Crippen LogP contribution in [0.3, 0.4) is 0 Å². The molecule has 0 amide bonds. The van der Waals surface area contributed by atoms with E-state index >= 15 is 0 Å². The number of nitrogens with zero attached hydrogens (tertiary/aromatic N) is 1. The van der Waals surface area contributed by atoms with Crippen molar-refractivity contribution < 1.29 is 19.6 Å². The predicted octanol–water partition coefficient (Wildman–Crippen LogP) is 3.19. The Morgan fingerprint density at radius 2 is 1.90 bits per heavy atom. The van der Waals surface area contributed by atoms with Crippen molar-refractivity contribution in [2.24, 2.45) is 0 Å². The molecule has 0 saturated heterocycles. The number of hydrogen-bond donors (Lipinski definition) is 1. The Balaban J connectivity index is 2.49. The maximum absolute atomic E-state index is 12.3. The van der Waals surface area contributed by atoms with Crippen LogP contribution < -0.4 is 4.74 Å². The van der Waals surface area contributed by atoms with Gasteiger partial charge in [0.05, 0.1) is 17.6 Å². The van der Waals surface area contributed by atoms with Crippen LogP contribution in [-0.4, -0.2) is 22.9 Å². The topological polar surface area (TPSA) is 89.7 Å². The highest BCUT2D eigenvalue weighted by molar-refractivity contribution is 6.31.